The Labute approximate surface area is 139 Å². The fourth-order valence-electron chi connectivity index (χ4n) is 3.18. The van der Waals surface area contributed by atoms with E-state index in [9.17, 15) is 0 Å². The molecule has 0 aliphatic carbocycles. The minimum atomic E-state index is -0.226. The van der Waals surface area contributed by atoms with Gasteiger partial charge in [-0.25, -0.2) is 0 Å². The molecule has 2 aromatic rings. The zero-order valence-corrected chi connectivity index (χ0v) is 14.2. The van der Waals surface area contributed by atoms with Gasteiger partial charge < -0.3 is 14.0 Å². The molecule has 0 spiro atoms. The van der Waals surface area contributed by atoms with Crippen LogP contribution in [-0.4, -0.2) is 51.2 Å². The van der Waals surface area contributed by atoms with Crippen LogP contribution < -0.4 is 0 Å². The predicted octanol–water partition coefficient (Wildman–Crippen LogP) is 3.27. The van der Waals surface area contributed by atoms with E-state index in [0.29, 0.717) is 6.61 Å². The summed E-state index contributed by atoms with van der Waals surface area (Å²) >= 11 is 0. The Hall–Kier alpha value is -1.68. The number of likely N-dealkylation sites (N-methyl/N-ethyl adjacent to an activating group) is 1. The number of benzene rings is 2. The molecule has 1 aliphatic rings. The molecule has 0 aromatic heterocycles. The van der Waals surface area contributed by atoms with Crippen molar-refractivity contribution in [2.24, 2.45) is 0 Å². The third-order valence-corrected chi connectivity index (χ3v) is 4.11. The number of ether oxygens (including phenoxy) is 2. The van der Waals surface area contributed by atoms with Crippen molar-refractivity contribution < 1.29 is 14.0 Å². The van der Waals surface area contributed by atoms with Crippen molar-refractivity contribution in [2.75, 3.05) is 34.3 Å². The first-order valence-corrected chi connectivity index (χ1v) is 8.20. The van der Waals surface area contributed by atoms with Gasteiger partial charge in [-0.15, -0.1) is 0 Å². The van der Waals surface area contributed by atoms with E-state index in [1.54, 1.807) is 0 Å². The van der Waals surface area contributed by atoms with Gasteiger partial charge in [-0.05, 0) is 11.1 Å². The molecule has 0 bridgehead atoms. The van der Waals surface area contributed by atoms with Gasteiger partial charge in [0.05, 0.1) is 33.7 Å². The third kappa shape index (κ3) is 4.20. The number of quaternary nitrogens is 1. The van der Waals surface area contributed by atoms with Crippen LogP contribution in [0.2, 0.25) is 0 Å². The molecule has 3 rings (SSSR count). The Bertz CT molecular complexity index is 567. The summed E-state index contributed by atoms with van der Waals surface area (Å²) in [6.45, 7) is 1.61. The zero-order chi connectivity index (χ0) is 16.3. The van der Waals surface area contributed by atoms with Crippen molar-refractivity contribution in [2.45, 2.75) is 18.3 Å². The van der Waals surface area contributed by atoms with Gasteiger partial charge in [-0.3, -0.25) is 0 Å². The van der Waals surface area contributed by atoms with Gasteiger partial charge in [-0.1, -0.05) is 60.7 Å². The van der Waals surface area contributed by atoms with Crippen LogP contribution in [0.4, 0.5) is 0 Å². The lowest BCUT2D eigenvalue weighted by molar-refractivity contribution is -0.873. The molecule has 2 aromatic carbocycles. The lowest BCUT2D eigenvalue weighted by Gasteiger charge is -2.27. The monoisotopic (exact) mass is 312 g/mol. The molecule has 2 atom stereocenters. The summed E-state index contributed by atoms with van der Waals surface area (Å²) in [5.74, 6) is 0.106. The van der Waals surface area contributed by atoms with Crippen molar-refractivity contribution in [1.29, 1.82) is 0 Å². The summed E-state index contributed by atoms with van der Waals surface area (Å²) in [6, 6.07) is 21.0. The van der Waals surface area contributed by atoms with Gasteiger partial charge in [0.2, 0.25) is 0 Å². The molecule has 0 radical (unpaired) electrons. The first-order valence-electron chi connectivity index (χ1n) is 8.20. The minimum Gasteiger partial charge on any atom is -0.349 e. The Morgan fingerprint density at radius 3 is 1.91 bits per heavy atom. The molecule has 0 unspecified atom stereocenters. The van der Waals surface area contributed by atoms with Crippen LogP contribution >= 0.6 is 0 Å². The van der Waals surface area contributed by atoms with Crippen LogP contribution in [0, 0.1) is 0 Å². The highest BCUT2D eigenvalue weighted by Crippen LogP contribution is 2.33. The molecule has 0 N–H and O–H groups in total. The number of rotatable bonds is 5. The van der Waals surface area contributed by atoms with Crippen LogP contribution in [0.25, 0.3) is 0 Å². The van der Waals surface area contributed by atoms with E-state index in [1.807, 2.05) is 12.1 Å². The lowest BCUT2D eigenvalue weighted by Crippen LogP contribution is -2.42. The lowest BCUT2D eigenvalue weighted by atomic mass is 9.91. The van der Waals surface area contributed by atoms with E-state index in [2.05, 4.69) is 69.7 Å². The molecule has 23 heavy (non-hydrogen) atoms. The number of nitrogens with zero attached hydrogens (tertiary/aromatic N) is 1. The van der Waals surface area contributed by atoms with E-state index in [0.717, 1.165) is 11.0 Å². The van der Waals surface area contributed by atoms with Crippen molar-refractivity contribution in [3.8, 4) is 0 Å². The first-order chi connectivity index (χ1) is 11.0. The molecular weight excluding hydrogens is 286 g/mol. The smallest absolute Gasteiger partial charge is 0.169 e. The maximum atomic E-state index is 6.27. The van der Waals surface area contributed by atoms with Crippen LogP contribution in [0.5, 0.6) is 0 Å². The molecule has 3 nitrogen and oxygen atoms in total. The van der Waals surface area contributed by atoms with Gasteiger partial charge in [0.1, 0.15) is 12.6 Å². The van der Waals surface area contributed by atoms with Gasteiger partial charge in [0, 0.05) is 0 Å². The topological polar surface area (TPSA) is 18.5 Å². The average Bonchev–Trinajstić information content (AvgIpc) is 2.96. The highest BCUT2D eigenvalue weighted by atomic mass is 16.7. The molecule has 1 saturated heterocycles. The quantitative estimate of drug-likeness (QED) is 0.789. The Morgan fingerprint density at radius 2 is 1.43 bits per heavy atom. The second-order valence-electron chi connectivity index (χ2n) is 7.23. The fraction of sp³-hybridized carbons (Fsp3) is 0.400. The summed E-state index contributed by atoms with van der Waals surface area (Å²) in [4.78, 5) is 0. The second-order valence-corrected chi connectivity index (χ2v) is 7.23. The van der Waals surface area contributed by atoms with Gasteiger partial charge in [0.15, 0.2) is 6.29 Å². The standard InChI is InChI=1S/C20H26NO2/c1-21(2,3)14-18-15-22-20(23-18)19(16-10-6-4-7-11-16)17-12-8-5-9-13-17/h4-13,18-20H,14-15H2,1-3H3/q+1/t18-,20+/m1/s1. The van der Waals surface area contributed by atoms with Crippen molar-refractivity contribution in [1.82, 2.24) is 0 Å². The summed E-state index contributed by atoms with van der Waals surface area (Å²) < 4.78 is 13.2. The van der Waals surface area contributed by atoms with Crippen LogP contribution in [0.15, 0.2) is 60.7 Å². The maximum Gasteiger partial charge on any atom is 0.169 e. The van der Waals surface area contributed by atoms with Gasteiger partial charge in [-0.2, -0.15) is 0 Å². The third-order valence-electron chi connectivity index (χ3n) is 4.11. The first kappa shape index (κ1) is 16.2. The molecule has 1 heterocycles. The highest BCUT2D eigenvalue weighted by molar-refractivity contribution is 5.33. The Kier molecular flexibility index (Phi) is 4.81. The average molecular weight is 312 g/mol. The number of hydrogen-bond acceptors (Lipinski definition) is 2. The Balaban J connectivity index is 1.83. The minimum absolute atomic E-state index is 0.106. The van der Waals surface area contributed by atoms with Gasteiger partial charge >= 0.3 is 0 Å². The summed E-state index contributed by atoms with van der Waals surface area (Å²) in [5.41, 5.74) is 2.46. The zero-order valence-electron chi connectivity index (χ0n) is 14.2. The summed E-state index contributed by atoms with van der Waals surface area (Å²) in [5, 5.41) is 0. The molecule has 122 valence electrons. The van der Waals surface area contributed by atoms with E-state index in [1.165, 1.54) is 11.1 Å². The van der Waals surface area contributed by atoms with E-state index in [4.69, 9.17) is 9.47 Å². The molecular formula is C20H26NO2+. The van der Waals surface area contributed by atoms with E-state index < -0.39 is 0 Å². The second kappa shape index (κ2) is 6.83. The summed E-state index contributed by atoms with van der Waals surface area (Å²) in [6.07, 6.45) is -0.0775. The SMILES string of the molecule is C[N+](C)(C)C[C@@H]1CO[C@H](C(c2ccccc2)c2ccccc2)O1. The maximum absolute atomic E-state index is 6.27. The van der Waals surface area contributed by atoms with Crippen molar-refractivity contribution >= 4 is 0 Å². The summed E-state index contributed by atoms with van der Waals surface area (Å²) in [7, 11) is 6.55. The van der Waals surface area contributed by atoms with Crippen molar-refractivity contribution in [3.05, 3.63) is 71.8 Å². The molecule has 0 amide bonds. The fourth-order valence-corrected chi connectivity index (χ4v) is 3.18. The van der Waals surface area contributed by atoms with Crippen LogP contribution in [-0.2, 0) is 9.47 Å². The number of hydrogen-bond donors (Lipinski definition) is 0. The largest absolute Gasteiger partial charge is 0.349 e. The molecule has 0 saturated carbocycles. The van der Waals surface area contributed by atoms with Gasteiger partial charge in [0.25, 0.3) is 0 Å². The predicted molar refractivity (Wildman–Crippen MR) is 92.2 cm³/mol. The Morgan fingerprint density at radius 1 is 0.913 bits per heavy atom. The highest BCUT2D eigenvalue weighted by Gasteiger charge is 2.36. The molecule has 3 heteroatoms. The normalized spacial score (nSPS) is 21.7. The van der Waals surface area contributed by atoms with Crippen LogP contribution in [0.1, 0.15) is 17.0 Å². The van der Waals surface area contributed by atoms with Crippen LogP contribution in [0.3, 0.4) is 0 Å². The van der Waals surface area contributed by atoms with Crippen molar-refractivity contribution in [3.63, 3.8) is 0 Å². The van der Waals surface area contributed by atoms with E-state index in [-0.39, 0.29) is 18.3 Å². The molecule has 1 aliphatic heterocycles. The van der Waals surface area contributed by atoms with E-state index >= 15 is 0 Å². The molecule has 1 fully saturated rings.